The highest BCUT2D eigenvalue weighted by atomic mass is 19.1. The molecule has 4 rings (SSSR count). The summed E-state index contributed by atoms with van der Waals surface area (Å²) in [6, 6.07) is -0.0266. The lowest BCUT2D eigenvalue weighted by Crippen LogP contribution is -2.48. The van der Waals surface area contributed by atoms with Gasteiger partial charge in [0.15, 0.2) is 11.6 Å². The van der Waals surface area contributed by atoms with Crippen molar-refractivity contribution >= 4 is 29.4 Å². The number of aromatic nitrogens is 3. The molecule has 2 aromatic heterocycles. The molecule has 0 aromatic carbocycles. The molecule has 152 valence electrons. The van der Waals surface area contributed by atoms with Crippen molar-refractivity contribution in [3.05, 3.63) is 42.0 Å². The molecule has 0 radical (unpaired) electrons. The van der Waals surface area contributed by atoms with Crippen LogP contribution >= 0.6 is 0 Å². The molecule has 29 heavy (non-hydrogen) atoms. The number of hydrogen-bond acceptors (Lipinski definition) is 6. The van der Waals surface area contributed by atoms with Gasteiger partial charge in [-0.2, -0.15) is 5.10 Å². The number of fused-ring (bicyclic) bond motifs is 1. The van der Waals surface area contributed by atoms with Gasteiger partial charge in [-0.1, -0.05) is 6.58 Å². The molecule has 2 aromatic rings. The Morgan fingerprint density at radius 1 is 1.48 bits per heavy atom. The van der Waals surface area contributed by atoms with Crippen molar-refractivity contribution in [1.29, 1.82) is 0 Å². The quantitative estimate of drug-likeness (QED) is 0.783. The number of nitrogens with zero attached hydrogens (tertiary/aromatic N) is 6. The van der Waals surface area contributed by atoms with E-state index >= 15 is 4.39 Å². The van der Waals surface area contributed by atoms with Crippen molar-refractivity contribution in [2.75, 3.05) is 30.4 Å². The molecule has 1 saturated heterocycles. The molecule has 8 nitrogen and oxygen atoms in total. The lowest BCUT2D eigenvalue weighted by atomic mass is 10.0. The topological polar surface area (TPSA) is 78.7 Å². The van der Waals surface area contributed by atoms with Crippen LogP contribution < -0.4 is 10.2 Å². The number of rotatable bonds is 5. The minimum atomic E-state index is -0.357. The Morgan fingerprint density at radius 3 is 3.03 bits per heavy atom. The summed E-state index contributed by atoms with van der Waals surface area (Å²) in [6.45, 7) is 5.06. The van der Waals surface area contributed by atoms with Gasteiger partial charge >= 0.3 is 0 Å². The molecular weight excluding hydrogens is 373 g/mol. The third-order valence-electron chi connectivity index (χ3n) is 5.46. The van der Waals surface area contributed by atoms with Crippen molar-refractivity contribution in [3.8, 4) is 0 Å². The fourth-order valence-corrected chi connectivity index (χ4v) is 3.86. The minimum absolute atomic E-state index is 0.0266. The summed E-state index contributed by atoms with van der Waals surface area (Å²) in [6.07, 6.45) is 8.20. The predicted octanol–water partition coefficient (Wildman–Crippen LogP) is 2.24. The Bertz CT molecular complexity index is 983. The number of aliphatic imine (C=N–C) groups is 1. The number of pyridine rings is 1. The third-order valence-corrected chi connectivity index (χ3v) is 5.46. The minimum Gasteiger partial charge on any atom is -0.352 e. The van der Waals surface area contributed by atoms with Crippen LogP contribution in [0.25, 0.3) is 0 Å². The number of anilines is 3. The van der Waals surface area contributed by atoms with E-state index in [1.807, 2.05) is 25.2 Å². The van der Waals surface area contributed by atoms with Gasteiger partial charge in [-0.15, -0.1) is 0 Å². The maximum Gasteiger partial charge on any atom is 0.246 e. The summed E-state index contributed by atoms with van der Waals surface area (Å²) in [4.78, 5) is 24.4. The van der Waals surface area contributed by atoms with E-state index in [9.17, 15) is 4.79 Å². The Hall–Kier alpha value is -3.23. The molecule has 1 fully saturated rings. The molecule has 9 heteroatoms. The number of carbonyl (C=O) groups is 1. The van der Waals surface area contributed by atoms with Crippen molar-refractivity contribution in [1.82, 2.24) is 19.7 Å². The maximum absolute atomic E-state index is 15.3. The SMILES string of the molecule is C=CC(=O)N1CCCC(N(C)c2nc(Nc3cnn(C)c3)c3c(c2F)CN=C3)C1. The molecule has 2 aliphatic rings. The maximum atomic E-state index is 15.3. The van der Waals surface area contributed by atoms with Crippen LogP contribution in [0.2, 0.25) is 0 Å². The molecule has 4 heterocycles. The third kappa shape index (κ3) is 3.59. The van der Waals surface area contributed by atoms with E-state index in [-0.39, 0.29) is 30.1 Å². The summed E-state index contributed by atoms with van der Waals surface area (Å²) >= 11 is 0. The van der Waals surface area contributed by atoms with Crippen LogP contribution in [0.15, 0.2) is 30.0 Å². The van der Waals surface area contributed by atoms with Crippen LogP contribution in [0.4, 0.5) is 21.7 Å². The van der Waals surface area contributed by atoms with Crippen molar-refractivity contribution < 1.29 is 9.18 Å². The zero-order valence-electron chi connectivity index (χ0n) is 16.6. The molecule has 1 unspecified atom stereocenters. The van der Waals surface area contributed by atoms with Gasteiger partial charge in [0, 0.05) is 56.8 Å². The second-order valence-corrected chi connectivity index (χ2v) is 7.38. The van der Waals surface area contributed by atoms with Crippen LogP contribution in [0.5, 0.6) is 0 Å². The van der Waals surface area contributed by atoms with E-state index in [2.05, 4.69) is 27.0 Å². The van der Waals surface area contributed by atoms with E-state index in [0.29, 0.717) is 30.0 Å². The summed E-state index contributed by atoms with van der Waals surface area (Å²) in [5.74, 6) is 0.354. The molecule has 1 amide bonds. The molecular formula is C20H24FN7O. The number of piperidine rings is 1. The average molecular weight is 397 g/mol. The second kappa shape index (κ2) is 7.65. The zero-order chi connectivity index (χ0) is 20.5. The van der Waals surface area contributed by atoms with E-state index in [1.165, 1.54) is 6.08 Å². The largest absolute Gasteiger partial charge is 0.352 e. The van der Waals surface area contributed by atoms with Gasteiger partial charge in [0.2, 0.25) is 5.91 Å². The molecule has 0 aliphatic carbocycles. The first kappa shape index (κ1) is 19.1. The first-order valence-corrected chi connectivity index (χ1v) is 9.60. The van der Waals surface area contributed by atoms with Crippen LogP contribution in [-0.4, -0.2) is 58.0 Å². The Balaban J connectivity index is 1.65. The fourth-order valence-electron chi connectivity index (χ4n) is 3.86. The van der Waals surface area contributed by atoms with E-state index in [1.54, 1.807) is 22.0 Å². The molecule has 0 bridgehead atoms. The van der Waals surface area contributed by atoms with Gasteiger partial charge in [0.1, 0.15) is 5.82 Å². The number of hydrogen-bond donors (Lipinski definition) is 1. The number of aryl methyl sites for hydroxylation is 1. The highest BCUT2D eigenvalue weighted by Crippen LogP contribution is 2.33. The van der Waals surface area contributed by atoms with Crippen LogP contribution in [0.1, 0.15) is 24.0 Å². The Morgan fingerprint density at radius 2 is 2.31 bits per heavy atom. The van der Waals surface area contributed by atoms with Crippen LogP contribution in [0, 0.1) is 5.82 Å². The van der Waals surface area contributed by atoms with E-state index in [0.717, 1.165) is 18.5 Å². The lowest BCUT2D eigenvalue weighted by molar-refractivity contribution is -0.127. The van der Waals surface area contributed by atoms with E-state index in [4.69, 9.17) is 0 Å². The first-order valence-electron chi connectivity index (χ1n) is 9.60. The summed E-state index contributed by atoms with van der Waals surface area (Å²) in [5.41, 5.74) is 1.96. The summed E-state index contributed by atoms with van der Waals surface area (Å²) in [7, 11) is 3.65. The molecule has 0 saturated carbocycles. The average Bonchev–Trinajstić information content (AvgIpc) is 3.38. The highest BCUT2D eigenvalue weighted by Gasteiger charge is 2.30. The van der Waals surface area contributed by atoms with Crippen molar-refractivity contribution in [2.45, 2.75) is 25.4 Å². The second-order valence-electron chi connectivity index (χ2n) is 7.38. The number of likely N-dealkylation sites (N-methyl/N-ethyl adjacent to an activating group) is 1. The number of carbonyl (C=O) groups excluding carboxylic acids is 1. The molecule has 0 spiro atoms. The molecule has 1 N–H and O–H groups in total. The first-order chi connectivity index (χ1) is 14.0. The zero-order valence-corrected chi connectivity index (χ0v) is 16.6. The summed E-state index contributed by atoms with van der Waals surface area (Å²) in [5, 5.41) is 7.38. The van der Waals surface area contributed by atoms with Crippen molar-refractivity contribution in [3.63, 3.8) is 0 Å². The predicted molar refractivity (Wildman–Crippen MR) is 110 cm³/mol. The number of halogens is 1. The standard InChI is InChI=1S/C20H24FN7O/c1-4-17(29)28-7-5-6-14(12-28)27(3)20-18(21)15-9-22-10-16(15)19(25-20)24-13-8-23-26(2)11-13/h4,8,10-11,14H,1,5-7,9,12H2,2-3H3,(H,24,25). The highest BCUT2D eigenvalue weighted by molar-refractivity contribution is 5.92. The van der Waals surface area contributed by atoms with Crippen LogP contribution in [0.3, 0.4) is 0 Å². The van der Waals surface area contributed by atoms with E-state index < -0.39 is 0 Å². The Labute approximate surface area is 168 Å². The Kier molecular flexibility index (Phi) is 5.04. The van der Waals surface area contributed by atoms with Gasteiger partial charge in [0.05, 0.1) is 18.4 Å². The summed E-state index contributed by atoms with van der Waals surface area (Å²) < 4.78 is 17.0. The number of likely N-dealkylation sites (tertiary alicyclic amines) is 1. The smallest absolute Gasteiger partial charge is 0.246 e. The normalized spacial score (nSPS) is 17.9. The van der Waals surface area contributed by atoms with Gasteiger partial charge in [-0.25, -0.2) is 9.37 Å². The molecule has 1 atom stereocenters. The van der Waals surface area contributed by atoms with Crippen molar-refractivity contribution in [2.24, 2.45) is 12.0 Å². The van der Waals surface area contributed by atoms with Gasteiger partial charge < -0.3 is 15.1 Å². The van der Waals surface area contributed by atoms with Gasteiger partial charge in [0.25, 0.3) is 0 Å². The number of nitrogens with one attached hydrogen (secondary N) is 1. The van der Waals surface area contributed by atoms with Crippen LogP contribution in [-0.2, 0) is 18.4 Å². The fraction of sp³-hybridized carbons (Fsp3) is 0.400. The number of amides is 1. The van der Waals surface area contributed by atoms with Gasteiger partial charge in [-0.3, -0.25) is 14.5 Å². The lowest BCUT2D eigenvalue weighted by Gasteiger charge is -2.38. The molecule has 2 aliphatic heterocycles. The van der Waals surface area contributed by atoms with Gasteiger partial charge in [-0.05, 0) is 18.9 Å². The monoisotopic (exact) mass is 397 g/mol.